The van der Waals surface area contributed by atoms with Crippen LogP contribution < -0.4 is 5.32 Å². The lowest BCUT2D eigenvalue weighted by Crippen LogP contribution is -2.60. The van der Waals surface area contributed by atoms with E-state index in [0.717, 1.165) is 0 Å². The van der Waals surface area contributed by atoms with Gasteiger partial charge in [0.2, 0.25) is 5.91 Å². The number of carbonyl (C=O) groups is 2. The van der Waals surface area contributed by atoms with Crippen LogP contribution >= 0.6 is 0 Å². The number of nitro benzene ring substituents is 1. The van der Waals surface area contributed by atoms with E-state index in [-0.39, 0.29) is 55.5 Å². The molecule has 0 radical (unpaired) electrons. The molecule has 19 atom stereocenters. The summed E-state index contributed by atoms with van der Waals surface area (Å²) < 4.78 is 38.0. The van der Waals surface area contributed by atoms with Crippen molar-refractivity contribution >= 4 is 17.6 Å². The predicted octanol–water partition coefficient (Wildman–Crippen LogP) is 3.49. The number of esters is 1. The minimum absolute atomic E-state index is 0.0732. The van der Waals surface area contributed by atoms with Gasteiger partial charge in [0.25, 0.3) is 5.69 Å². The Labute approximate surface area is 403 Å². The van der Waals surface area contributed by atoms with E-state index < -0.39 is 107 Å². The Kier molecular flexibility index (Phi) is 20.3. The third-order valence-corrected chi connectivity index (χ3v) is 15.0. The summed E-state index contributed by atoms with van der Waals surface area (Å²) >= 11 is 0. The lowest BCUT2D eigenvalue weighted by atomic mass is 9.77. The summed E-state index contributed by atoms with van der Waals surface area (Å²) in [7, 11) is 5.21. The molecule has 3 aliphatic rings. The van der Waals surface area contributed by atoms with Crippen LogP contribution in [0.4, 0.5) is 5.69 Å². The zero-order valence-electron chi connectivity index (χ0n) is 42.9. The maximum atomic E-state index is 14.5. The van der Waals surface area contributed by atoms with Crippen LogP contribution in [0.2, 0.25) is 0 Å². The highest BCUT2D eigenvalue weighted by molar-refractivity contribution is 5.83. The third-order valence-electron chi connectivity index (χ3n) is 15.0. The Morgan fingerprint density at radius 1 is 1.00 bits per heavy atom. The summed E-state index contributed by atoms with van der Waals surface area (Å²) in [5, 5.41) is 74.0. The van der Waals surface area contributed by atoms with Crippen molar-refractivity contribution in [3.05, 3.63) is 39.9 Å². The molecule has 4 rings (SSSR count). The summed E-state index contributed by atoms with van der Waals surface area (Å²) in [6.45, 7) is 19.9. The summed E-state index contributed by atoms with van der Waals surface area (Å²) in [6, 6.07) is 4.77. The molecule has 1 aromatic rings. The number of non-ortho nitro benzene ring substituents is 1. The topological polar surface area (TPSA) is 252 Å². The Hall–Kier alpha value is -2.92. The highest BCUT2D eigenvalue weighted by Crippen LogP contribution is 2.40. The second-order valence-corrected chi connectivity index (χ2v) is 20.9. The maximum absolute atomic E-state index is 14.5. The number of amides is 1. The fourth-order valence-electron chi connectivity index (χ4n) is 10.6. The van der Waals surface area contributed by atoms with Crippen LogP contribution in [0.5, 0.6) is 0 Å². The summed E-state index contributed by atoms with van der Waals surface area (Å²) in [4.78, 5) is 42.3. The number of nitro groups is 1. The van der Waals surface area contributed by atoms with Gasteiger partial charge in [0.1, 0.15) is 30.0 Å². The van der Waals surface area contributed by atoms with Crippen LogP contribution in [0.25, 0.3) is 0 Å². The first-order valence-electron chi connectivity index (χ1n) is 24.4. The van der Waals surface area contributed by atoms with E-state index in [4.69, 9.17) is 28.4 Å². The van der Waals surface area contributed by atoms with Crippen molar-refractivity contribution in [1.82, 2.24) is 15.1 Å². The highest BCUT2D eigenvalue weighted by Gasteiger charge is 2.53. The van der Waals surface area contributed by atoms with Gasteiger partial charge in [0.15, 0.2) is 12.6 Å². The first-order chi connectivity index (χ1) is 31.6. The average molecular weight is 969 g/mol. The Morgan fingerprint density at radius 2 is 1.63 bits per heavy atom. The predicted molar refractivity (Wildman–Crippen MR) is 252 cm³/mol. The van der Waals surface area contributed by atoms with Gasteiger partial charge in [0.05, 0.1) is 52.4 Å². The Balaban J connectivity index is 1.73. The van der Waals surface area contributed by atoms with Crippen LogP contribution in [-0.2, 0) is 38.0 Å². The lowest BCUT2D eigenvalue weighted by Gasteiger charge is -2.48. The normalized spacial score (nSPS) is 41.0. The largest absolute Gasteiger partial charge is 0.459 e. The SMILES string of the molecule is CCC1OC(=O)[C@H](C)[C@@H](O[C@H]2C[C@@](C)(OC)[C@@H](O)[C@H](C)O2)[C@H](C)[C@@H](O[C@H]2O[C@@H](C)C[C@@H](N(C)C)[C@@H]2O)[C@](C)(O)C[C@@H](C)CN(CCCNC(=O)C(C)c2ccc([N+](=O)[O-])cc2)[C@H](C)[C@@H](O)[C@]1(C)O. The fraction of sp³-hybridized carbons (Fsp3) is 0.837. The smallest absolute Gasteiger partial charge is 0.311 e. The summed E-state index contributed by atoms with van der Waals surface area (Å²) in [5.41, 5.74) is -4.17. The third kappa shape index (κ3) is 13.7. The van der Waals surface area contributed by atoms with E-state index in [1.54, 1.807) is 67.5 Å². The van der Waals surface area contributed by atoms with E-state index in [9.17, 15) is 45.2 Å². The van der Waals surface area contributed by atoms with Crippen LogP contribution in [0.1, 0.15) is 120 Å². The molecule has 1 amide bonds. The van der Waals surface area contributed by atoms with Gasteiger partial charge >= 0.3 is 5.97 Å². The van der Waals surface area contributed by atoms with Gasteiger partial charge in [0, 0.05) is 63.3 Å². The minimum atomic E-state index is -1.95. The van der Waals surface area contributed by atoms with Gasteiger partial charge in [-0.25, -0.2) is 0 Å². The molecule has 19 heteroatoms. The molecular weight excluding hydrogens is 885 g/mol. The highest BCUT2D eigenvalue weighted by atomic mass is 16.7. The number of nitrogens with one attached hydrogen (secondary N) is 1. The Bertz CT molecular complexity index is 1790. The molecule has 390 valence electrons. The second-order valence-electron chi connectivity index (χ2n) is 20.9. The van der Waals surface area contributed by atoms with Crippen LogP contribution in [-0.4, -0.2) is 183 Å². The average Bonchev–Trinajstić information content (AvgIpc) is 3.27. The van der Waals surface area contributed by atoms with Crippen molar-refractivity contribution in [2.24, 2.45) is 17.8 Å². The molecule has 6 N–H and O–H groups in total. The van der Waals surface area contributed by atoms with E-state index in [1.807, 2.05) is 37.7 Å². The van der Waals surface area contributed by atoms with Crippen molar-refractivity contribution in [3.8, 4) is 0 Å². The van der Waals surface area contributed by atoms with E-state index in [2.05, 4.69) is 5.32 Å². The molecule has 68 heavy (non-hydrogen) atoms. The van der Waals surface area contributed by atoms with E-state index in [0.29, 0.717) is 31.5 Å². The first-order valence-corrected chi connectivity index (χ1v) is 24.4. The first kappa shape index (κ1) is 57.7. The second kappa shape index (κ2) is 24.0. The molecule has 0 saturated carbocycles. The molecule has 2 unspecified atom stereocenters. The summed E-state index contributed by atoms with van der Waals surface area (Å²) in [5.74, 6) is -3.84. The van der Waals surface area contributed by atoms with Crippen molar-refractivity contribution in [1.29, 1.82) is 0 Å². The molecule has 0 spiro atoms. The number of ether oxygens (including phenoxy) is 6. The van der Waals surface area contributed by atoms with Gasteiger partial charge in [-0.1, -0.05) is 32.9 Å². The summed E-state index contributed by atoms with van der Waals surface area (Å²) in [6.07, 6.45) is -8.92. The molecule has 0 aromatic heterocycles. The Morgan fingerprint density at radius 3 is 2.21 bits per heavy atom. The van der Waals surface area contributed by atoms with Gasteiger partial charge in [-0.2, -0.15) is 0 Å². The van der Waals surface area contributed by atoms with Gasteiger partial charge in [-0.05, 0) is 107 Å². The number of aliphatic hydroxyl groups is 5. The molecule has 3 aliphatic heterocycles. The number of benzene rings is 1. The van der Waals surface area contributed by atoms with Crippen molar-refractivity contribution in [3.63, 3.8) is 0 Å². The van der Waals surface area contributed by atoms with Gasteiger partial charge in [-0.15, -0.1) is 0 Å². The van der Waals surface area contributed by atoms with Crippen molar-refractivity contribution in [2.75, 3.05) is 40.8 Å². The van der Waals surface area contributed by atoms with Crippen LogP contribution in [0.15, 0.2) is 24.3 Å². The number of aliphatic hydroxyl groups excluding tert-OH is 3. The zero-order chi connectivity index (χ0) is 51.2. The number of methoxy groups -OCH3 is 1. The molecule has 19 nitrogen and oxygen atoms in total. The number of carbonyl (C=O) groups excluding carboxylic acids is 2. The molecule has 1 aromatic carbocycles. The number of nitrogens with zero attached hydrogens (tertiary/aromatic N) is 3. The van der Waals surface area contributed by atoms with Crippen LogP contribution in [0.3, 0.4) is 0 Å². The van der Waals surface area contributed by atoms with E-state index >= 15 is 0 Å². The van der Waals surface area contributed by atoms with Gasteiger partial charge in [-0.3, -0.25) is 24.6 Å². The van der Waals surface area contributed by atoms with Crippen molar-refractivity contribution in [2.45, 2.75) is 204 Å². The minimum Gasteiger partial charge on any atom is -0.459 e. The molecule has 3 saturated heterocycles. The molecular formula is C49H84N4O15. The maximum Gasteiger partial charge on any atom is 0.311 e. The lowest BCUT2D eigenvalue weighted by molar-refractivity contribution is -0.384. The van der Waals surface area contributed by atoms with Crippen molar-refractivity contribution < 1.29 is 68.5 Å². The van der Waals surface area contributed by atoms with Crippen LogP contribution in [0, 0.1) is 27.9 Å². The fourth-order valence-corrected chi connectivity index (χ4v) is 10.6. The molecule has 0 aliphatic carbocycles. The number of likely N-dealkylation sites (N-methyl/N-ethyl adjacent to an activating group) is 1. The number of hydrogen-bond donors (Lipinski definition) is 6. The molecule has 3 heterocycles. The molecule has 3 fully saturated rings. The van der Waals surface area contributed by atoms with Gasteiger partial charge < -0.3 is 64.2 Å². The number of hydrogen-bond acceptors (Lipinski definition) is 17. The number of cyclic esters (lactones) is 1. The monoisotopic (exact) mass is 969 g/mol. The number of rotatable bonds is 14. The van der Waals surface area contributed by atoms with E-state index in [1.165, 1.54) is 26.2 Å². The molecule has 0 bridgehead atoms. The zero-order valence-corrected chi connectivity index (χ0v) is 42.9. The quantitative estimate of drug-likeness (QED) is 0.0676. The standard InChI is InChI=1S/C49H84N4O15/c1-15-37-49(11,60)41(55)32(7)52(22-16-21-50-44(57)29(4)34-17-19-35(20-18-34)53(61)62)26-27(2)24-47(9,59)43(68-46-39(54)36(51(12)13)23-28(3)64-46)30(5)40(31(6)45(58)66-37)67-38-25-48(10,63-14)42(56)33(8)65-38/h17-20,27-33,36-43,46,54-56,59-60H,15-16,21-26H2,1-14H3,(H,50,57)/t27-,28+,29?,30+,31-,32-,33+,36-,37?,38+,39+,40+,41-,42+,43-,46-,47-,48-,49-/m1/s1.